The minimum Gasteiger partial charge on any atom is -0.377 e. The van der Waals surface area contributed by atoms with Crippen molar-refractivity contribution in [3.63, 3.8) is 0 Å². The third-order valence-corrected chi connectivity index (χ3v) is 4.26. The molecule has 0 radical (unpaired) electrons. The molecule has 0 aromatic carbocycles. The molecular weight excluding hydrogens is 240 g/mol. The molecule has 112 valence electrons. The van der Waals surface area contributed by atoms with Crippen LogP contribution in [0.2, 0.25) is 0 Å². The lowest BCUT2D eigenvalue weighted by atomic mass is 9.93. The number of carbonyl (C=O) groups is 1. The number of amides is 1. The van der Waals surface area contributed by atoms with Gasteiger partial charge in [-0.25, -0.2) is 0 Å². The first-order valence-corrected chi connectivity index (χ1v) is 7.47. The zero-order valence-electron chi connectivity index (χ0n) is 13.0. The molecule has 0 bridgehead atoms. The van der Waals surface area contributed by atoms with E-state index in [0.29, 0.717) is 6.54 Å². The van der Waals surface area contributed by atoms with Crippen molar-refractivity contribution in [1.29, 1.82) is 0 Å². The van der Waals surface area contributed by atoms with Gasteiger partial charge in [-0.2, -0.15) is 0 Å². The zero-order valence-corrected chi connectivity index (χ0v) is 13.0. The van der Waals surface area contributed by atoms with E-state index in [1.165, 1.54) is 25.9 Å². The molecule has 1 aliphatic rings. The maximum absolute atomic E-state index is 11.1. The van der Waals surface area contributed by atoms with Crippen LogP contribution in [0.15, 0.2) is 0 Å². The summed E-state index contributed by atoms with van der Waals surface area (Å²) in [5, 5.41) is 0. The van der Waals surface area contributed by atoms with Gasteiger partial charge in [-0.15, -0.1) is 0 Å². The number of hydrogen-bond donors (Lipinski definition) is 0. The van der Waals surface area contributed by atoms with Gasteiger partial charge < -0.3 is 14.5 Å². The van der Waals surface area contributed by atoms with E-state index in [9.17, 15) is 4.79 Å². The SMILES string of the molecule is CCN1CCC(CCN(C=O)CC(C)(C)OC)CC1. The van der Waals surface area contributed by atoms with E-state index in [1.807, 2.05) is 18.7 Å². The molecule has 0 unspecified atom stereocenters. The molecule has 0 saturated carbocycles. The molecule has 1 fully saturated rings. The molecule has 0 atom stereocenters. The molecule has 0 aromatic heterocycles. The van der Waals surface area contributed by atoms with E-state index in [2.05, 4.69) is 11.8 Å². The van der Waals surface area contributed by atoms with Crippen LogP contribution in [-0.4, -0.2) is 61.6 Å². The average molecular weight is 270 g/mol. The summed E-state index contributed by atoms with van der Waals surface area (Å²) in [5.74, 6) is 0.774. The number of hydrogen-bond acceptors (Lipinski definition) is 3. The summed E-state index contributed by atoms with van der Waals surface area (Å²) >= 11 is 0. The zero-order chi connectivity index (χ0) is 14.3. The Balaban J connectivity index is 2.28. The Labute approximate surface area is 118 Å². The average Bonchev–Trinajstić information content (AvgIpc) is 2.44. The summed E-state index contributed by atoms with van der Waals surface area (Å²) in [6.45, 7) is 11.4. The summed E-state index contributed by atoms with van der Waals surface area (Å²) in [5.41, 5.74) is -0.257. The normalized spacial score (nSPS) is 18.5. The first kappa shape index (κ1) is 16.4. The lowest BCUT2D eigenvalue weighted by Crippen LogP contribution is -2.41. The molecule has 19 heavy (non-hydrogen) atoms. The van der Waals surface area contributed by atoms with Crippen LogP contribution in [0.4, 0.5) is 0 Å². The molecule has 0 aromatic rings. The fourth-order valence-corrected chi connectivity index (χ4v) is 2.66. The second kappa shape index (κ2) is 7.85. The quantitative estimate of drug-likeness (QED) is 0.632. The number of methoxy groups -OCH3 is 1. The third kappa shape index (κ3) is 5.91. The van der Waals surface area contributed by atoms with Gasteiger partial charge in [-0.1, -0.05) is 6.92 Å². The highest BCUT2D eigenvalue weighted by atomic mass is 16.5. The molecule has 0 aliphatic carbocycles. The molecule has 0 N–H and O–H groups in total. The van der Waals surface area contributed by atoms with E-state index in [0.717, 1.165) is 31.8 Å². The van der Waals surface area contributed by atoms with Gasteiger partial charge in [-0.3, -0.25) is 4.79 Å². The third-order valence-electron chi connectivity index (χ3n) is 4.26. The molecule has 0 spiro atoms. The number of nitrogens with zero attached hydrogens (tertiary/aromatic N) is 2. The summed E-state index contributed by atoms with van der Waals surface area (Å²) in [6, 6.07) is 0. The molecular formula is C15H30N2O2. The van der Waals surface area contributed by atoms with E-state index >= 15 is 0 Å². The van der Waals surface area contributed by atoms with Crippen molar-refractivity contribution in [3.8, 4) is 0 Å². The van der Waals surface area contributed by atoms with Crippen molar-refractivity contribution in [2.75, 3.05) is 39.8 Å². The van der Waals surface area contributed by atoms with E-state index in [-0.39, 0.29) is 5.60 Å². The largest absolute Gasteiger partial charge is 0.377 e. The fraction of sp³-hybridized carbons (Fsp3) is 0.933. The Morgan fingerprint density at radius 3 is 2.47 bits per heavy atom. The summed E-state index contributed by atoms with van der Waals surface area (Å²) in [7, 11) is 1.70. The molecule has 1 amide bonds. The van der Waals surface area contributed by atoms with Crippen molar-refractivity contribution in [3.05, 3.63) is 0 Å². The minimum absolute atomic E-state index is 0.257. The van der Waals surface area contributed by atoms with Crippen molar-refractivity contribution in [1.82, 2.24) is 9.80 Å². The number of ether oxygens (including phenoxy) is 1. The van der Waals surface area contributed by atoms with E-state index in [1.54, 1.807) is 7.11 Å². The lowest BCUT2D eigenvalue weighted by Gasteiger charge is -2.33. The Bertz CT molecular complexity index is 261. The smallest absolute Gasteiger partial charge is 0.209 e. The Morgan fingerprint density at radius 1 is 1.37 bits per heavy atom. The van der Waals surface area contributed by atoms with Gasteiger partial charge in [0.25, 0.3) is 0 Å². The van der Waals surface area contributed by atoms with Gasteiger partial charge in [0.15, 0.2) is 0 Å². The van der Waals surface area contributed by atoms with Crippen LogP contribution < -0.4 is 0 Å². The highest BCUT2D eigenvalue weighted by Crippen LogP contribution is 2.21. The van der Waals surface area contributed by atoms with Crippen LogP contribution in [0.5, 0.6) is 0 Å². The minimum atomic E-state index is -0.257. The van der Waals surface area contributed by atoms with Crippen LogP contribution in [0.3, 0.4) is 0 Å². The van der Waals surface area contributed by atoms with Gasteiger partial charge in [0.2, 0.25) is 6.41 Å². The number of likely N-dealkylation sites (tertiary alicyclic amines) is 1. The Hall–Kier alpha value is -0.610. The standard InChI is InChI=1S/C15H30N2O2/c1-5-16-9-6-14(7-10-16)8-11-17(13-18)12-15(2,3)19-4/h13-14H,5-12H2,1-4H3. The van der Waals surface area contributed by atoms with Gasteiger partial charge in [0, 0.05) is 20.2 Å². The van der Waals surface area contributed by atoms with Gasteiger partial charge in [0.1, 0.15) is 0 Å². The van der Waals surface area contributed by atoms with Gasteiger partial charge >= 0.3 is 0 Å². The number of rotatable bonds is 8. The summed E-state index contributed by atoms with van der Waals surface area (Å²) in [6.07, 6.45) is 4.63. The number of piperidine rings is 1. The molecule has 1 saturated heterocycles. The molecule has 1 rings (SSSR count). The topological polar surface area (TPSA) is 32.8 Å². The lowest BCUT2D eigenvalue weighted by molar-refractivity contribution is -0.122. The Kier molecular flexibility index (Phi) is 6.80. The summed E-state index contributed by atoms with van der Waals surface area (Å²) in [4.78, 5) is 15.5. The molecule has 1 aliphatic heterocycles. The highest BCUT2D eigenvalue weighted by molar-refractivity contribution is 5.47. The predicted octanol–water partition coefficient (Wildman–Crippen LogP) is 1.99. The van der Waals surface area contributed by atoms with Gasteiger partial charge in [0.05, 0.1) is 5.60 Å². The second-order valence-corrected chi connectivity index (χ2v) is 6.21. The van der Waals surface area contributed by atoms with Crippen molar-refractivity contribution < 1.29 is 9.53 Å². The van der Waals surface area contributed by atoms with Crippen LogP contribution in [0, 0.1) is 5.92 Å². The van der Waals surface area contributed by atoms with E-state index < -0.39 is 0 Å². The monoisotopic (exact) mass is 270 g/mol. The van der Waals surface area contributed by atoms with Crippen molar-refractivity contribution >= 4 is 6.41 Å². The summed E-state index contributed by atoms with van der Waals surface area (Å²) < 4.78 is 5.38. The highest BCUT2D eigenvalue weighted by Gasteiger charge is 2.22. The molecule has 4 nitrogen and oxygen atoms in total. The second-order valence-electron chi connectivity index (χ2n) is 6.21. The van der Waals surface area contributed by atoms with Crippen LogP contribution >= 0.6 is 0 Å². The van der Waals surface area contributed by atoms with Crippen molar-refractivity contribution in [2.45, 2.75) is 45.6 Å². The van der Waals surface area contributed by atoms with Crippen LogP contribution in [0.1, 0.15) is 40.0 Å². The maximum Gasteiger partial charge on any atom is 0.209 e. The molecule has 1 heterocycles. The van der Waals surface area contributed by atoms with Crippen LogP contribution in [-0.2, 0) is 9.53 Å². The maximum atomic E-state index is 11.1. The Morgan fingerprint density at radius 2 is 2.00 bits per heavy atom. The van der Waals surface area contributed by atoms with E-state index in [4.69, 9.17) is 4.74 Å². The number of carbonyl (C=O) groups excluding carboxylic acids is 1. The fourth-order valence-electron chi connectivity index (χ4n) is 2.66. The predicted molar refractivity (Wildman–Crippen MR) is 78.2 cm³/mol. The molecule has 4 heteroatoms. The first-order chi connectivity index (χ1) is 9.00. The van der Waals surface area contributed by atoms with Crippen molar-refractivity contribution in [2.24, 2.45) is 5.92 Å². The van der Waals surface area contributed by atoms with Gasteiger partial charge in [-0.05, 0) is 58.7 Å². The first-order valence-electron chi connectivity index (χ1n) is 7.47. The van der Waals surface area contributed by atoms with Crippen LogP contribution in [0.25, 0.3) is 0 Å².